The van der Waals surface area contributed by atoms with Gasteiger partial charge in [-0.1, -0.05) is 53.5 Å². The van der Waals surface area contributed by atoms with Crippen LogP contribution in [0.3, 0.4) is 0 Å². The highest BCUT2D eigenvalue weighted by molar-refractivity contribution is 9.10. The van der Waals surface area contributed by atoms with E-state index in [9.17, 15) is 0 Å². The molecule has 0 bridgehead atoms. The molecule has 0 amide bonds. The van der Waals surface area contributed by atoms with Gasteiger partial charge < -0.3 is 4.74 Å². The second-order valence-corrected chi connectivity index (χ2v) is 5.76. The molecular weight excluding hydrogens is 328 g/mol. The molecule has 1 aromatic heterocycles. The first-order chi connectivity index (χ1) is 9.04. The lowest BCUT2D eigenvalue weighted by Crippen LogP contribution is -2.02. The van der Waals surface area contributed by atoms with Crippen molar-refractivity contribution in [2.45, 2.75) is 26.4 Å². The lowest BCUT2D eigenvalue weighted by Gasteiger charge is -2.09. The number of aromatic nitrogens is 2. The first-order valence-corrected chi connectivity index (χ1v) is 7.13. The van der Waals surface area contributed by atoms with Crippen LogP contribution in [-0.4, -0.2) is 9.97 Å². The Morgan fingerprint density at radius 1 is 1.26 bits per heavy atom. The molecule has 0 N–H and O–H groups in total. The van der Waals surface area contributed by atoms with E-state index in [4.69, 9.17) is 16.3 Å². The molecule has 0 radical (unpaired) electrons. The third-order valence-electron chi connectivity index (χ3n) is 2.48. The van der Waals surface area contributed by atoms with Crippen LogP contribution in [0.25, 0.3) is 0 Å². The van der Waals surface area contributed by atoms with Gasteiger partial charge in [-0.25, -0.2) is 4.98 Å². The molecule has 1 aromatic carbocycles. The Balaban J connectivity index is 2.11. The van der Waals surface area contributed by atoms with Crippen LogP contribution < -0.4 is 4.74 Å². The Hall–Kier alpha value is -1.13. The molecule has 0 aliphatic rings. The van der Waals surface area contributed by atoms with Crippen LogP contribution in [0.2, 0.25) is 5.15 Å². The maximum absolute atomic E-state index is 5.96. The lowest BCUT2D eigenvalue weighted by molar-refractivity contribution is 0.291. The van der Waals surface area contributed by atoms with E-state index >= 15 is 0 Å². The van der Waals surface area contributed by atoms with Crippen molar-refractivity contribution in [3.63, 3.8) is 0 Å². The highest BCUT2D eigenvalue weighted by atomic mass is 79.9. The molecule has 0 aliphatic heterocycles. The largest absolute Gasteiger partial charge is 0.473 e. The van der Waals surface area contributed by atoms with Crippen LogP contribution in [0.4, 0.5) is 0 Å². The normalized spacial score (nSPS) is 10.8. The van der Waals surface area contributed by atoms with Gasteiger partial charge in [-0.05, 0) is 17.7 Å². The SMILES string of the molecule is CC(C)c1nc(Cl)cc(OCc2cccc(Br)c2)n1. The van der Waals surface area contributed by atoms with Crippen LogP contribution >= 0.6 is 27.5 Å². The molecule has 2 aromatic rings. The highest BCUT2D eigenvalue weighted by Gasteiger charge is 2.08. The average Bonchev–Trinajstić information content (AvgIpc) is 2.36. The molecule has 0 fully saturated rings. The molecular formula is C14H14BrClN2O. The molecule has 100 valence electrons. The van der Waals surface area contributed by atoms with Crippen LogP contribution in [0.15, 0.2) is 34.8 Å². The van der Waals surface area contributed by atoms with Crippen LogP contribution in [-0.2, 0) is 6.61 Å². The van der Waals surface area contributed by atoms with Crippen molar-refractivity contribution in [3.05, 3.63) is 51.3 Å². The zero-order valence-electron chi connectivity index (χ0n) is 10.7. The Kier molecular flexibility index (Phi) is 4.77. The topological polar surface area (TPSA) is 35.0 Å². The molecule has 0 saturated heterocycles. The average molecular weight is 342 g/mol. The first kappa shape index (κ1) is 14.3. The Bertz CT molecular complexity index is 575. The fourth-order valence-electron chi connectivity index (χ4n) is 1.53. The quantitative estimate of drug-likeness (QED) is 0.763. The maximum Gasteiger partial charge on any atom is 0.218 e. The molecule has 0 aliphatic carbocycles. The molecule has 19 heavy (non-hydrogen) atoms. The number of halogens is 2. The van der Waals surface area contributed by atoms with E-state index in [2.05, 4.69) is 25.9 Å². The van der Waals surface area contributed by atoms with Gasteiger partial charge in [0.15, 0.2) is 0 Å². The van der Waals surface area contributed by atoms with E-state index in [1.807, 2.05) is 38.1 Å². The predicted molar refractivity (Wildman–Crippen MR) is 79.6 cm³/mol. The summed E-state index contributed by atoms with van der Waals surface area (Å²) in [7, 11) is 0. The van der Waals surface area contributed by atoms with Crippen molar-refractivity contribution in [3.8, 4) is 5.88 Å². The van der Waals surface area contributed by atoms with Crippen molar-refractivity contribution in [2.24, 2.45) is 0 Å². The van der Waals surface area contributed by atoms with Gasteiger partial charge in [0, 0.05) is 16.5 Å². The molecule has 5 heteroatoms. The minimum absolute atomic E-state index is 0.215. The summed E-state index contributed by atoms with van der Waals surface area (Å²) in [6, 6.07) is 9.58. The fourth-order valence-corrected chi connectivity index (χ4v) is 2.16. The van der Waals surface area contributed by atoms with Gasteiger partial charge in [0.2, 0.25) is 5.88 Å². The van der Waals surface area contributed by atoms with Crippen LogP contribution in [0, 0.1) is 0 Å². The Labute approximate surface area is 126 Å². The monoisotopic (exact) mass is 340 g/mol. The molecule has 1 heterocycles. The Morgan fingerprint density at radius 2 is 2.05 bits per heavy atom. The van der Waals surface area contributed by atoms with Gasteiger partial charge in [0.25, 0.3) is 0 Å². The van der Waals surface area contributed by atoms with Gasteiger partial charge in [-0.3, -0.25) is 0 Å². The van der Waals surface area contributed by atoms with Gasteiger partial charge >= 0.3 is 0 Å². The van der Waals surface area contributed by atoms with E-state index in [1.54, 1.807) is 6.07 Å². The molecule has 0 atom stereocenters. The smallest absolute Gasteiger partial charge is 0.218 e. The summed E-state index contributed by atoms with van der Waals surface area (Å²) in [5.41, 5.74) is 1.07. The second-order valence-electron chi connectivity index (χ2n) is 4.46. The summed E-state index contributed by atoms with van der Waals surface area (Å²) in [5.74, 6) is 1.41. The van der Waals surface area contributed by atoms with Crippen molar-refractivity contribution >= 4 is 27.5 Å². The maximum atomic E-state index is 5.96. The zero-order valence-corrected chi connectivity index (χ0v) is 13.1. The number of hydrogen-bond donors (Lipinski definition) is 0. The number of ether oxygens (including phenoxy) is 1. The third-order valence-corrected chi connectivity index (χ3v) is 3.17. The number of benzene rings is 1. The summed E-state index contributed by atoms with van der Waals surface area (Å²) in [4.78, 5) is 8.51. The lowest BCUT2D eigenvalue weighted by atomic mass is 10.2. The third kappa shape index (κ3) is 4.18. The number of nitrogens with zero attached hydrogens (tertiary/aromatic N) is 2. The van der Waals surface area contributed by atoms with Gasteiger partial charge in [0.1, 0.15) is 17.6 Å². The summed E-state index contributed by atoms with van der Waals surface area (Å²) in [5, 5.41) is 0.406. The first-order valence-electron chi connectivity index (χ1n) is 5.96. The summed E-state index contributed by atoms with van der Waals surface area (Å²) in [6.45, 7) is 4.48. The molecule has 3 nitrogen and oxygen atoms in total. The summed E-state index contributed by atoms with van der Waals surface area (Å²) >= 11 is 9.39. The van der Waals surface area contributed by atoms with E-state index in [0.717, 1.165) is 10.0 Å². The van der Waals surface area contributed by atoms with Gasteiger partial charge in [-0.15, -0.1) is 0 Å². The Morgan fingerprint density at radius 3 is 2.74 bits per heavy atom. The van der Waals surface area contributed by atoms with Crippen molar-refractivity contribution in [2.75, 3.05) is 0 Å². The molecule has 0 saturated carbocycles. The standard InChI is InChI=1S/C14H14BrClN2O/c1-9(2)14-17-12(16)7-13(18-14)19-8-10-4-3-5-11(15)6-10/h3-7,9H,8H2,1-2H3. The number of hydrogen-bond acceptors (Lipinski definition) is 3. The molecule has 0 spiro atoms. The minimum atomic E-state index is 0.215. The van der Waals surface area contributed by atoms with Gasteiger partial charge in [-0.2, -0.15) is 4.98 Å². The summed E-state index contributed by atoms with van der Waals surface area (Å²) in [6.07, 6.45) is 0. The van der Waals surface area contributed by atoms with Crippen molar-refractivity contribution < 1.29 is 4.74 Å². The molecule has 0 unspecified atom stereocenters. The zero-order chi connectivity index (χ0) is 13.8. The summed E-state index contributed by atoms with van der Waals surface area (Å²) < 4.78 is 6.69. The van der Waals surface area contributed by atoms with Crippen molar-refractivity contribution in [1.29, 1.82) is 0 Å². The fraction of sp³-hybridized carbons (Fsp3) is 0.286. The van der Waals surface area contributed by atoms with E-state index < -0.39 is 0 Å². The highest BCUT2D eigenvalue weighted by Crippen LogP contribution is 2.20. The van der Waals surface area contributed by atoms with E-state index in [-0.39, 0.29) is 5.92 Å². The van der Waals surface area contributed by atoms with Gasteiger partial charge in [0.05, 0.1) is 0 Å². The predicted octanol–water partition coefficient (Wildman–Crippen LogP) is 4.59. The molecule has 2 rings (SSSR count). The van der Waals surface area contributed by atoms with Crippen molar-refractivity contribution in [1.82, 2.24) is 9.97 Å². The second kappa shape index (κ2) is 6.35. The van der Waals surface area contributed by atoms with Crippen LogP contribution in [0.5, 0.6) is 5.88 Å². The number of rotatable bonds is 4. The van der Waals surface area contributed by atoms with E-state index in [0.29, 0.717) is 23.5 Å². The minimum Gasteiger partial charge on any atom is -0.473 e. The van der Waals surface area contributed by atoms with E-state index in [1.165, 1.54) is 0 Å². The van der Waals surface area contributed by atoms with Crippen LogP contribution in [0.1, 0.15) is 31.2 Å².